The molecule has 0 radical (unpaired) electrons. The molecular formula is C26H29ClFN3O3. The molecule has 6 nitrogen and oxygen atoms in total. The lowest BCUT2D eigenvalue weighted by atomic mass is 10.1. The number of anilines is 1. The number of methoxy groups -OCH3 is 1. The molecule has 1 aromatic heterocycles. The Morgan fingerprint density at radius 2 is 2.00 bits per heavy atom. The second kappa shape index (κ2) is 10.2. The van der Waals surface area contributed by atoms with Crippen LogP contribution in [0.4, 0.5) is 10.1 Å². The highest BCUT2D eigenvalue weighted by Gasteiger charge is 2.35. The van der Waals surface area contributed by atoms with Crippen molar-refractivity contribution in [3.8, 4) is 0 Å². The fourth-order valence-electron chi connectivity index (χ4n) is 4.56. The van der Waals surface area contributed by atoms with Crippen molar-refractivity contribution in [1.29, 1.82) is 0 Å². The Kier molecular flexibility index (Phi) is 7.24. The molecule has 2 amide bonds. The van der Waals surface area contributed by atoms with E-state index in [-0.39, 0.29) is 36.9 Å². The molecule has 2 aromatic carbocycles. The first-order valence-electron chi connectivity index (χ1n) is 11.4. The van der Waals surface area contributed by atoms with E-state index in [4.69, 9.17) is 16.3 Å². The molecule has 180 valence electrons. The lowest BCUT2D eigenvalue weighted by molar-refractivity contribution is -0.132. The Balaban J connectivity index is 1.48. The molecular weight excluding hydrogens is 457 g/mol. The summed E-state index contributed by atoms with van der Waals surface area (Å²) >= 11 is 6.45. The molecule has 1 aliphatic rings. The van der Waals surface area contributed by atoms with E-state index in [0.717, 1.165) is 10.9 Å². The molecule has 8 heteroatoms. The summed E-state index contributed by atoms with van der Waals surface area (Å²) in [5, 5.41) is 4.10. The third kappa shape index (κ3) is 4.95. The number of hydrogen-bond donors (Lipinski definition) is 1. The number of para-hydroxylation sites is 1. The number of benzene rings is 2. The van der Waals surface area contributed by atoms with Crippen molar-refractivity contribution >= 4 is 40.0 Å². The van der Waals surface area contributed by atoms with E-state index < -0.39 is 6.17 Å². The zero-order chi connectivity index (χ0) is 24.4. The summed E-state index contributed by atoms with van der Waals surface area (Å²) < 4.78 is 21.1. The second-order valence-corrected chi connectivity index (χ2v) is 9.40. The van der Waals surface area contributed by atoms with E-state index in [1.54, 1.807) is 30.2 Å². The van der Waals surface area contributed by atoms with Crippen molar-refractivity contribution in [2.45, 2.75) is 44.9 Å². The summed E-state index contributed by atoms with van der Waals surface area (Å²) in [6, 6.07) is 12.8. The lowest BCUT2D eigenvalue weighted by Gasteiger charge is -2.23. The summed E-state index contributed by atoms with van der Waals surface area (Å²) in [7, 11) is 1.54. The molecule has 4 rings (SSSR count). The number of nitrogens with one attached hydrogen (secondary N) is 1. The van der Waals surface area contributed by atoms with Crippen LogP contribution in [0, 0.1) is 0 Å². The van der Waals surface area contributed by atoms with E-state index in [2.05, 4.69) is 23.7 Å². The van der Waals surface area contributed by atoms with Crippen LogP contribution in [0.25, 0.3) is 10.9 Å². The topological polar surface area (TPSA) is 63.6 Å². The number of carbonyl (C=O) groups is 2. The standard InChI is InChI=1S/C26H29ClFN3O3/c1-16(2)30-14-21(20-6-4-5-7-24(20)30)26(33)29-23-9-8-17(10-22(23)27)11-25(32)31-13-18(28)12-19(31)15-34-3/h4-10,14,16,18-19H,11-13,15H2,1-3H3,(H,29,33)/t18-,19-/m0/s1. The van der Waals surface area contributed by atoms with Crippen LogP contribution >= 0.6 is 11.6 Å². The van der Waals surface area contributed by atoms with Crippen molar-refractivity contribution in [3.63, 3.8) is 0 Å². The van der Waals surface area contributed by atoms with Crippen LogP contribution in [0.3, 0.4) is 0 Å². The van der Waals surface area contributed by atoms with E-state index in [0.29, 0.717) is 34.9 Å². The monoisotopic (exact) mass is 485 g/mol. The van der Waals surface area contributed by atoms with Gasteiger partial charge in [0.1, 0.15) is 6.17 Å². The zero-order valence-electron chi connectivity index (χ0n) is 19.6. The molecule has 1 saturated heterocycles. The van der Waals surface area contributed by atoms with Crippen molar-refractivity contribution in [1.82, 2.24) is 9.47 Å². The van der Waals surface area contributed by atoms with Gasteiger partial charge in [0.2, 0.25) is 5.91 Å². The van der Waals surface area contributed by atoms with Gasteiger partial charge in [0.25, 0.3) is 5.91 Å². The van der Waals surface area contributed by atoms with Crippen LogP contribution in [-0.2, 0) is 16.0 Å². The molecule has 0 aliphatic carbocycles. The predicted octanol–water partition coefficient (Wildman–Crippen LogP) is 5.26. The number of aromatic nitrogens is 1. The number of likely N-dealkylation sites (tertiary alicyclic amines) is 1. The van der Waals surface area contributed by atoms with Crippen LogP contribution in [-0.4, -0.2) is 53.8 Å². The van der Waals surface area contributed by atoms with Gasteiger partial charge in [-0.15, -0.1) is 0 Å². The largest absolute Gasteiger partial charge is 0.383 e. The average Bonchev–Trinajstić information content (AvgIpc) is 3.36. The Morgan fingerprint density at radius 3 is 2.71 bits per heavy atom. The van der Waals surface area contributed by atoms with Gasteiger partial charge < -0.3 is 19.5 Å². The van der Waals surface area contributed by atoms with Gasteiger partial charge in [0.15, 0.2) is 0 Å². The van der Waals surface area contributed by atoms with Crippen molar-refractivity contribution in [2.75, 3.05) is 25.6 Å². The quantitative estimate of drug-likeness (QED) is 0.496. The normalized spacial score (nSPS) is 18.1. The number of halogens is 2. The van der Waals surface area contributed by atoms with E-state index >= 15 is 0 Å². The second-order valence-electron chi connectivity index (χ2n) is 8.99. The van der Waals surface area contributed by atoms with Gasteiger partial charge in [-0.2, -0.15) is 0 Å². The summed E-state index contributed by atoms with van der Waals surface area (Å²) in [5.41, 5.74) is 2.72. The van der Waals surface area contributed by atoms with E-state index in [9.17, 15) is 14.0 Å². The van der Waals surface area contributed by atoms with Gasteiger partial charge in [-0.05, 0) is 37.6 Å². The third-order valence-electron chi connectivity index (χ3n) is 6.22. The molecule has 0 unspecified atom stereocenters. The number of ether oxygens (including phenoxy) is 1. The van der Waals surface area contributed by atoms with Crippen LogP contribution in [0.1, 0.15) is 42.2 Å². The molecule has 1 fully saturated rings. The lowest BCUT2D eigenvalue weighted by Crippen LogP contribution is -2.39. The van der Waals surface area contributed by atoms with Gasteiger partial charge in [0.05, 0.1) is 41.9 Å². The number of carbonyl (C=O) groups excluding carboxylic acids is 2. The van der Waals surface area contributed by atoms with Crippen LogP contribution < -0.4 is 5.32 Å². The average molecular weight is 486 g/mol. The van der Waals surface area contributed by atoms with Crippen molar-refractivity contribution in [2.24, 2.45) is 0 Å². The van der Waals surface area contributed by atoms with Crippen LogP contribution in [0.2, 0.25) is 5.02 Å². The maximum absolute atomic E-state index is 13.9. The minimum atomic E-state index is -1.04. The SMILES string of the molecule is COC[C@@H]1C[C@H](F)CN1C(=O)Cc1ccc(NC(=O)c2cn(C(C)C)c3ccccc23)c(Cl)c1. The summed E-state index contributed by atoms with van der Waals surface area (Å²) in [5.74, 6) is -0.425. The molecule has 1 N–H and O–H groups in total. The Labute approximate surface area is 203 Å². The first kappa shape index (κ1) is 24.2. The molecule has 34 heavy (non-hydrogen) atoms. The van der Waals surface area contributed by atoms with Crippen molar-refractivity contribution in [3.05, 3.63) is 64.8 Å². The van der Waals surface area contributed by atoms with E-state index in [1.807, 2.05) is 30.5 Å². The summed E-state index contributed by atoms with van der Waals surface area (Å²) in [4.78, 5) is 27.4. The molecule has 2 heterocycles. The number of amides is 2. The minimum absolute atomic E-state index is 0.0821. The number of hydrogen-bond acceptors (Lipinski definition) is 3. The minimum Gasteiger partial charge on any atom is -0.383 e. The van der Waals surface area contributed by atoms with Crippen LogP contribution in [0.15, 0.2) is 48.7 Å². The predicted molar refractivity (Wildman–Crippen MR) is 132 cm³/mol. The Morgan fingerprint density at radius 1 is 1.24 bits per heavy atom. The third-order valence-corrected chi connectivity index (χ3v) is 6.53. The maximum atomic E-state index is 13.9. The Bertz CT molecular complexity index is 1210. The highest BCUT2D eigenvalue weighted by atomic mass is 35.5. The van der Waals surface area contributed by atoms with Gasteiger partial charge >= 0.3 is 0 Å². The molecule has 2 atom stereocenters. The number of alkyl halides is 1. The zero-order valence-corrected chi connectivity index (χ0v) is 20.3. The van der Waals surface area contributed by atoms with Gasteiger partial charge in [0, 0.05) is 36.7 Å². The summed E-state index contributed by atoms with van der Waals surface area (Å²) in [6.07, 6.45) is 1.21. The summed E-state index contributed by atoms with van der Waals surface area (Å²) in [6.45, 7) is 4.53. The number of rotatable bonds is 7. The van der Waals surface area contributed by atoms with Gasteiger partial charge in [-0.1, -0.05) is 35.9 Å². The highest BCUT2D eigenvalue weighted by molar-refractivity contribution is 6.34. The first-order chi connectivity index (χ1) is 16.3. The molecule has 0 bridgehead atoms. The van der Waals surface area contributed by atoms with Crippen LogP contribution in [0.5, 0.6) is 0 Å². The fourth-order valence-corrected chi connectivity index (χ4v) is 4.81. The molecule has 0 saturated carbocycles. The van der Waals surface area contributed by atoms with Crippen molar-refractivity contribution < 1.29 is 18.7 Å². The number of fused-ring (bicyclic) bond motifs is 1. The maximum Gasteiger partial charge on any atom is 0.257 e. The highest BCUT2D eigenvalue weighted by Crippen LogP contribution is 2.29. The smallest absolute Gasteiger partial charge is 0.257 e. The van der Waals surface area contributed by atoms with Gasteiger partial charge in [-0.25, -0.2) is 4.39 Å². The Hall–Kier alpha value is -2.90. The molecule has 1 aliphatic heterocycles. The van der Waals surface area contributed by atoms with E-state index in [1.165, 1.54) is 0 Å². The first-order valence-corrected chi connectivity index (χ1v) is 11.8. The van der Waals surface area contributed by atoms with Gasteiger partial charge in [-0.3, -0.25) is 9.59 Å². The molecule has 0 spiro atoms. The number of nitrogens with zero attached hydrogens (tertiary/aromatic N) is 2. The fraction of sp³-hybridized carbons (Fsp3) is 0.385. The molecule has 3 aromatic rings.